The van der Waals surface area contributed by atoms with Gasteiger partial charge in [0.05, 0.1) is 11.4 Å². The van der Waals surface area contributed by atoms with Crippen molar-refractivity contribution >= 4 is 41.3 Å². The van der Waals surface area contributed by atoms with Crippen LogP contribution in [-0.2, 0) is 17.6 Å². The Morgan fingerprint density at radius 1 is 1.23 bits per heavy atom. The number of hydrogen-bond acceptors (Lipinski definition) is 4. The summed E-state index contributed by atoms with van der Waals surface area (Å²) in [7, 11) is 0. The first-order valence-electron chi connectivity index (χ1n) is 8.39. The normalized spacial score (nSPS) is 15.0. The van der Waals surface area contributed by atoms with Crippen molar-refractivity contribution in [2.45, 2.75) is 19.3 Å². The van der Waals surface area contributed by atoms with E-state index in [0.29, 0.717) is 36.3 Å². The van der Waals surface area contributed by atoms with Crippen molar-refractivity contribution in [1.82, 2.24) is 0 Å². The zero-order chi connectivity index (χ0) is 17.4. The number of nitrogens with zero attached hydrogens (tertiary/aromatic N) is 1. The average Bonchev–Trinajstić information content (AvgIpc) is 2.62. The van der Waals surface area contributed by atoms with Crippen LogP contribution in [0.1, 0.15) is 17.5 Å². The van der Waals surface area contributed by atoms with Crippen LogP contribution in [0.5, 0.6) is 11.5 Å². The SMILES string of the molecule is Cl.Nc1cccc2c1CCCN2C(=O)Cc1cc(Cl)c2c(c1)OCCO2. The van der Waals surface area contributed by atoms with Crippen molar-refractivity contribution in [2.75, 3.05) is 30.4 Å². The third-order valence-electron chi connectivity index (χ3n) is 4.60. The number of carbonyl (C=O) groups excluding carboxylic acids is 1. The molecule has 2 heterocycles. The molecule has 0 bridgehead atoms. The Bertz CT molecular complexity index is 842. The van der Waals surface area contributed by atoms with E-state index in [1.807, 2.05) is 29.2 Å². The maximum Gasteiger partial charge on any atom is 0.231 e. The van der Waals surface area contributed by atoms with Gasteiger partial charge in [-0.05, 0) is 48.2 Å². The van der Waals surface area contributed by atoms with Crippen LogP contribution in [0, 0.1) is 0 Å². The number of nitrogen functional groups attached to an aromatic ring is 1. The molecule has 0 saturated carbocycles. The number of benzene rings is 2. The van der Waals surface area contributed by atoms with Crippen molar-refractivity contribution in [3.63, 3.8) is 0 Å². The Labute approximate surface area is 163 Å². The van der Waals surface area contributed by atoms with Gasteiger partial charge >= 0.3 is 0 Å². The molecule has 2 aliphatic heterocycles. The molecule has 7 heteroatoms. The second-order valence-corrected chi connectivity index (χ2v) is 6.68. The van der Waals surface area contributed by atoms with E-state index in [-0.39, 0.29) is 24.7 Å². The number of amides is 1. The smallest absolute Gasteiger partial charge is 0.231 e. The molecule has 0 fully saturated rings. The Morgan fingerprint density at radius 3 is 2.88 bits per heavy atom. The van der Waals surface area contributed by atoms with E-state index in [2.05, 4.69) is 0 Å². The molecule has 0 saturated heterocycles. The molecule has 2 aromatic rings. The van der Waals surface area contributed by atoms with Crippen molar-refractivity contribution < 1.29 is 14.3 Å². The summed E-state index contributed by atoms with van der Waals surface area (Å²) in [6.07, 6.45) is 2.07. The first-order chi connectivity index (χ1) is 12.1. The van der Waals surface area contributed by atoms with Crippen LogP contribution in [0.15, 0.2) is 30.3 Å². The van der Waals surface area contributed by atoms with E-state index in [1.165, 1.54) is 0 Å². The standard InChI is InChI=1S/C19H19ClN2O3.ClH/c20-14-9-12(10-17-19(14)25-8-7-24-17)11-18(23)22-6-2-3-13-15(21)4-1-5-16(13)22;/h1,4-5,9-10H,2-3,6-8,11,21H2;1H. The van der Waals surface area contributed by atoms with Gasteiger partial charge in [0, 0.05) is 17.9 Å². The molecule has 2 aliphatic rings. The highest BCUT2D eigenvalue weighted by Crippen LogP contribution is 2.39. The third-order valence-corrected chi connectivity index (χ3v) is 4.88. The molecule has 0 aliphatic carbocycles. The van der Waals surface area contributed by atoms with Gasteiger partial charge in [-0.3, -0.25) is 4.79 Å². The summed E-state index contributed by atoms with van der Waals surface area (Å²) >= 11 is 6.27. The maximum absolute atomic E-state index is 12.9. The van der Waals surface area contributed by atoms with Crippen molar-refractivity contribution in [1.29, 1.82) is 0 Å². The number of fused-ring (bicyclic) bond motifs is 2. The van der Waals surface area contributed by atoms with Crippen molar-refractivity contribution in [2.24, 2.45) is 0 Å². The summed E-state index contributed by atoms with van der Waals surface area (Å²) in [4.78, 5) is 14.7. The first kappa shape index (κ1) is 18.7. The Morgan fingerprint density at radius 2 is 2.04 bits per heavy atom. The number of hydrogen-bond donors (Lipinski definition) is 1. The molecule has 0 spiro atoms. The maximum atomic E-state index is 12.9. The fourth-order valence-electron chi connectivity index (χ4n) is 3.45. The van der Waals surface area contributed by atoms with E-state index in [9.17, 15) is 4.79 Å². The van der Waals surface area contributed by atoms with E-state index >= 15 is 0 Å². The lowest BCUT2D eigenvalue weighted by Crippen LogP contribution is -2.36. The lowest BCUT2D eigenvalue weighted by atomic mass is 9.99. The van der Waals surface area contributed by atoms with Gasteiger partial charge in [-0.15, -0.1) is 12.4 Å². The lowest BCUT2D eigenvalue weighted by Gasteiger charge is -2.30. The highest BCUT2D eigenvalue weighted by molar-refractivity contribution is 6.32. The first-order valence-corrected chi connectivity index (χ1v) is 8.77. The molecule has 0 aromatic heterocycles. The van der Waals surface area contributed by atoms with Crippen LogP contribution >= 0.6 is 24.0 Å². The monoisotopic (exact) mass is 394 g/mol. The highest BCUT2D eigenvalue weighted by atomic mass is 35.5. The summed E-state index contributed by atoms with van der Waals surface area (Å²) in [6.45, 7) is 1.67. The van der Waals surface area contributed by atoms with Crippen LogP contribution in [0.3, 0.4) is 0 Å². The van der Waals surface area contributed by atoms with E-state index < -0.39 is 0 Å². The minimum Gasteiger partial charge on any atom is -0.486 e. The fourth-order valence-corrected chi connectivity index (χ4v) is 3.73. The van der Waals surface area contributed by atoms with Gasteiger partial charge in [-0.25, -0.2) is 0 Å². The molecule has 0 unspecified atom stereocenters. The van der Waals surface area contributed by atoms with Crippen LogP contribution in [-0.4, -0.2) is 25.7 Å². The van der Waals surface area contributed by atoms with Gasteiger partial charge in [0.25, 0.3) is 0 Å². The number of ether oxygens (including phenoxy) is 2. The Kier molecular flexibility index (Phi) is 5.49. The number of anilines is 2. The van der Waals surface area contributed by atoms with Gasteiger partial charge in [0.1, 0.15) is 13.2 Å². The molecular formula is C19H20Cl2N2O3. The summed E-state index contributed by atoms with van der Waals surface area (Å²) in [5, 5.41) is 0.475. The third kappa shape index (κ3) is 3.41. The predicted octanol–water partition coefficient (Wildman–Crippen LogP) is 3.64. The topological polar surface area (TPSA) is 64.8 Å². The molecule has 0 atom stereocenters. The van der Waals surface area contributed by atoms with Crippen molar-refractivity contribution in [3.8, 4) is 11.5 Å². The molecule has 2 aromatic carbocycles. The van der Waals surface area contributed by atoms with Crippen LogP contribution < -0.4 is 20.1 Å². The number of rotatable bonds is 2. The molecular weight excluding hydrogens is 375 g/mol. The summed E-state index contributed by atoms with van der Waals surface area (Å²) in [6, 6.07) is 9.34. The van der Waals surface area contributed by atoms with Crippen LogP contribution in [0.4, 0.5) is 11.4 Å². The predicted molar refractivity (Wildman–Crippen MR) is 105 cm³/mol. The van der Waals surface area contributed by atoms with E-state index in [4.69, 9.17) is 26.8 Å². The number of halogens is 2. The van der Waals surface area contributed by atoms with Crippen molar-refractivity contribution in [3.05, 3.63) is 46.5 Å². The second kappa shape index (κ2) is 7.64. The highest BCUT2D eigenvalue weighted by Gasteiger charge is 2.25. The Hall–Kier alpha value is -2.11. The van der Waals surface area contributed by atoms with E-state index in [1.54, 1.807) is 6.07 Å². The molecule has 26 heavy (non-hydrogen) atoms. The van der Waals surface area contributed by atoms with Gasteiger partial charge in [0.2, 0.25) is 5.91 Å². The van der Waals surface area contributed by atoms with Crippen LogP contribution in [0.2, 0.25) is 5.02 Å². The molecule has 138 valence electrons. The van der Waals surface area contributed by atoms with Gasteiger partial charge in [-0.2, -0.15) is 0 Å². The molecule has 2 N–H and O–H groups in total. The van der Waals surface area contributed by atoms with Crippen LogP contribution in [0.25, 0.3) is 0 Å². The number of nitrogens with two attached hydrogens (primary N) is 1. The molecule has 4 rings (SSSR count). The van der Waals surface area contributed by atoms with Gasteiger partial charge in [-0.1, -0.05) is 17.7 Å². The molecule has 5 nitrogen and oxygen atoms in total. The summed E-state index contributed by atoms with van der Waals surface area (Å²) in [5.41, 5.74) is 9.60. The molecule has 0 radical (unpaired) electrons. The van der Waals surface area contributed by atoms with E-state index in [0.717, 1.165) is 35.3 Å². The fraction of sp³-hybridized carbons (Fsp3) is 0.316. The minimum absolute atomic E-state index is 0. The summed E-state index contributed by atoms with van der Waals surface area (Å²) < 4.78 is 11.1. The average molecular weight is 395 g/mol. The number of carbonyl (C=O) groups is 1. The summed E-state index contributed by atoms with van der Waals surface area (Å²) in [5.74, 6) is 1.18. The molecule has 1 amide bonds. The second-order valence-electron chi connectivity index (χ2n) is 6.27. The van der Waals surface area contributed by atoms with Gasteiger partial charge < -0.3 is 20.1 Å². The zero-order valence-electron chi connectivity index (χ0n) is 14.2. The minimum atomic E-state index is 0. The Balaban J connectivity index is 0.00000196. The quantitative estimate of drug-likeness (QED) is 0.789. The van der Waals surface area contributed by atoms with Gasteiger partial charge in [0.15, 0.2) is 11.5 Å². The lowest BCUT2D eigenvalue weighted by molar-refractivity contribution is -0.118. The largest absolute Gasteiger partial charge is 0.486 e. The zero-order valence-corrected chi connectivity index (χ0v) is 15.7.